The van der Waals surface area contributed by atoms with Gasteiger partial charge in [0.1, 0.15) is 0 Å². The molecule has 2 aromatic rings. The van der Waals surface area contributed by atoms with E-state index >= 15 is 0 Å². The first-order chi connectivity index (χ1) is 8.15. The summed E-state index contributed by atoms with van der Waals surface area (Å²) in [6.45, 7) is 0. The van der Waals surface area contributed by atoms with E-state index in [-0.39, 0.29) is 0 Å². The molecule has 2 nitrogen and oxygen atoms in total. The minimum Gasteiger partial charge on any atom is -0.399 e. The fourth-order valence-corrected chi connectivity index (χ4v) is 3.38. The van der Waals surface area contributed by atoms with E-state index in [0.29, 0.717) is 10.7 Å². The van der Waals surface area contributed by atoms with E-state index in [1.54, 1.807) is 21.6 Å². The zero-order valence-electron chi connectivity index (χ0n) is 8.89. The third kappa shape index (κ3) is 3.49. The Kier molecular flexibility index (Phi) is 4.10. The van der Waals surface area contributed by atoms with E-state index in [1.807, 2.05) is 42.5 Å². The quantitative estimate of drug-likeness (QED) is 0.651. The average Bonchev–Trinajstić information content (AvgIpc) is 2.33. The monoisotopic (exact) mass is 282 g/mol. The number of nitrogens with two attached hydrogens (primary N) is 2. The molecule has 0 aliphatic carbocycles. The summed E-state index contributed by atoms with van der Waals surface area (Å²) in [6, 6.07) is 13.4. The van der Waals surface area contributed by atoms with Crippen LogP contribution in [0.5, 0.6) is 0 Å². The Morgan fingerprint density at radius 1 is 0.824 bits per heavy atom. The Bertz CT molecular complexity index is 514. The molecule has 17 heavy (non-hydrogen) atoms. The molecule has 4 N–H and O–H groups in total. The highest BCUT2D eigenvalue weighted by Gasteiger charge is 2.01. The van der Waals surface area contributed by atoms with Gasteiger partial charge in [-0.05, 0) is 42.5 Å². The van der Waals surface area contributed by atoms with E-state index < -0.39 is 0 Å². The van der Waals surface area contributed by atoms with E-state index in [2.05, 4.69) is 0 Å². The minimum atomic E-state index is 0.591. The van der Waals surface area contributed by atoms with Gasteiger partial charge < -0.3 is 11.5 Å². The first kappa shape index (κ1) is 12.5. The van der Waals surface area contributed by atoms with Crippen LogP contribution in [0.2, 0.25) is 5.02 Å². The van der Waals surface area contributed by atoms with Gasteiger partial charge in [0.15, 0.2) is 0 Å². The maximum absolute atomic E-state index is 5.95. The van der Waals surface area contributed by atoms with Crippen molar-refractivity contribution < 1.29 is 0 Å². The first-order valence-electron chi connectivity index (χ1n) is 4.90. The lowest BCUT2D eigenvalue weighted by Crippen LogP contribution is -1.85. The molecule has 0 heterocycles. The summed E-state index contributed by atoms with van der Waals surface area (Å²) >= 11 is 5.95. The molecule has 0 amide bonds. The van der Waals surface area contributed by atoms with Crippen LogP contribution >= 0.6 is 33.2 Å². The van der Waals surface area contributed by atoms with Crippen molar-refractivity contribution >= 4 is 44.6 Å². The topological polar surface area (TPSA) is 52.0 Å². The molecule has 0 aliphatic rings. The number of nitrogen functional groups attached to an aromatic ring is 2. The molecule has 0 atom stereocenters. The van der Waals surface area contributed by atoms with Gasteiger partial charge in [0.2, 0.25) is 0 Å². The third-order valence-electron chi connectivity index (χ3n) is 2.09. The molecule has 2 rings (SSSR count). The van der Waals surface area contributed by atoms with Crippen LogP contribution in [0.25, 0.3) is 0 Å². The third-order valence-corrected chi connectivity index (χ3v) is 4.81. The first-order valence-corrected chi connectivity index (χ1v) is 7.43. The predicted molar refractivity (Wildman–Crippen MR) is 78.4 cm³/mol. The van der Waals surface area contributed by atoms with Crippen molar-refractivity contribution in [2.24, 2.45) is 0 Å². The predicted octanol–water partition coefficient (Wildman–Crippen LogP) is 4.30. The van der Waals surface area contributed by atoms with Crippen molar-refractivity contribution in [2.45, 2.75) is 9.79 Å². The molecule has 0 saturated carbocycles. The van der Waals surface area contributed by atoms with Crippen molar-refractivity contribution in [3.05, 3.63) is 47.5 Å². The number of benzene rings is 2. The van der Waals surface area contributed by atoms with Crippen LogP contribution in [0.1, 0.15) is 0 Å². The van der Waals surface area contributed by atoms with Crippen LogP contribution in [0, 0.1) is 0 Å². The fraction of sp³-hybridized carbons (Fsp3) is 0. The summed E-state index contributed by atoms with van der Waals surface area (Å²) in [5.74, 6) is 0. The molecule has 5 heteroatoms. The highest BCUT2D eigenvalue weighted by molar-refractivity contribution is 8.76. The lowest BCUT2D eigenvalue weighted by Gasteiger charge is -2.03. The molecular weight excluding hydrogens is 272 g/mol. The van der Waals surface area contributed by atoms with Crippen LogP contribution in [0.15, 0.2) is 52.3 Å². The average molecular weight is 283 g/mol. The molecule has 0 spiro atoms. The second-order valence-electron chi connectivity index (χ2n) is 3.42. The summed E-state index contributed by atoms with van der Waals surface area (Å²) in [5, 5.41) is 0.591. The Hall–Kier alpha value is -0.970. The number of anilines is 2. The molecule has 0 radical (unpaired) electrons. The number of hydrogen-bond donors (Lipinski definition) is 2. The lowest BCUT2D eigenvalue weighted by molar-refractivity contribution is 1.47. The van der Waals surface area contributed by atoms with Gasteiger partial charge in [0.05, 0.1) is 10.7 Å². The molecule has 0 saturated heterocycles. The van der Waals surface area contributed by atoms with Gasteiger partial charge in [0, 0.05) is 15.5 Å². The van der Waals surface area contributed by atoms with Crippen molar-refractivity contribution in [1.82, 2.24) is 0 Å². The van der Waals surface area contributed by atoms with Gasteiger partial charge in [-0.1, -0.05) is 33.2 Å². The standard InChI is InChI=1S/C12H11ClN2S2/c13-11-7-10(5-6-12(11)15)17-16-9-3-1-8(14)2-4-9/h1-7H,14-15H2. The summed E-state index contributed by atoms with van der Waals surface area (Å²) < 4.78 is 0. The SMILES string of the molecule is Nc1ccc(SSc2ccc(N)c(Cl)c2)cc1. The molecule has 0 bridgehead atoms. The normalized spacial score (nSPS) is 10.4. The van der Waals surface area contributed by atoms with Crippen molar-refractivity contribution in [1.29, 1.82) is 0 Å². The summed E-state index contributed by atoms with van der Waals surface area (Å²) in [7, 11) is 3.30. The Morgan fingerprint density at radius 3 is 2.06 bits per heavy atom. The maximum Gasteiger partial charge on any atom is 0.0646 e. The molecule has 0 fully saturated rings. The van der Waals surface area contributed by atoms with E-state index in [1.165, 1.54) is 0 Å². The summed E-state index contributed by atoms with van der Waals surface area (Å²) in [4.78, 5) is 2.23. The number of halogens is 1. The van der Waals surface area contributed by atoms with Gasteiger partial charge in [-0.3, -0.25) is 0 Å². The molecule has 2 aromatic carbocycles. The smallest absolute Gasteiger partial charge is 0.0646 e. The van der Waals surface area contributed by atoms with Crippen molar-refractivity contribution in [3.8, 4) is 0 Å². The number of rotatable bonds is 3. The lowest BCUT2D eigenvalue weighted by atomic mass is 10.3. The van der Waals surface area contributed by atoms with Crippen molar-refractivity contribution in [2.75, 3.05) is 11.5 Å². The highest BCUT2D eigenvalue weighted by Crippen LogP contribution is 2.39. The Labute approximate surface area is 113 Å². The Morgan fingerprint density at radius 2 is 1.41 bits per heavy atom. The minimum absolute atomic E-state index is 0.591. The highest BCUT2D eigenvalue weighted by atomic mass is 35.5. The van der Waals surface area contributed by atoms with Crippen LogP contribution < -0.4 is 11.5 Å². The van der Waals surface area contributed by atoms with Crippen LogP contribution in [-0.2, 0) is 0 Å². The fourth-order valence-electron chi connectivity index (χ4n) is 1.18. The second-order valence-corrected chi connectivity index (χ2v) is 6.10. The van der Waals surface area contributed by atoms with Crippen LogP contribution in [0.3, 0.4) is 0 Å². The molecule has 88 valence electrons. The van der Waals surface area contributed by atoms with Crippen LogP contribution in [-0.4, -0.2) is 0 Å². The van der Waals surface area contributed by atoms with Gasteiger partial charge >= 0.3 is 0 Å². The summed E-state index contributed by atoms with van der Waals surface area (Å²) in [6.07, 6.45) is 0. The van der Waals surface area contributed by atoms with E-state index in [0.717, 1.165) is 15.5 Å². The maximum atomic E-state index is 5.95. The molecule has 0 aliphatic heterocycles. The van der Waals surface area contributed by atoms with Crippen molar-refractivity contribution in [3.63, 3.8) is 0 Å². The van der Waals surface area contributed by atoms with Gasteiger partial charge in [-0.2, -0.15) is 0 Å². The molecule has 0 aromatic heterocycles. The largest absolute Gasteiger partial charge is 0.399 e. The Balaban J connectivity index is 2.02. The molecule has 0 unspecified atom stereocenters. The van der Waals surface area contributed by atoms with Crippen LogP contribution in [0.4, 0.5) is 11.4 Å². The van der Waals surface area contributed by atoms with Gasteiger partial charge in [0.25, 0.3) is 0 Å². The molecular formula is C12H11ClN2S2. The zero-order chi connectivity index (χ0) is 12.3. The van der Waals surface area contributed by atoms with Gasteiger partial charge in [-0.25, -0.2) is 0 Å². The van der Waals surface area contributed by atoms with E-state index in [9.17, 15) is 0 Å². The number of hydrogen-bond acceptors (Lipinski definition) is 4. The zero-order valence-corrected chi connectivity index (χ0v) is 11.3. The second kappa shape index (κ2) is 5.58. The summed E-state index contributed by atoms with van der Waals surface area (Å²) in [5.41, 5.74) is 12.7. The van der Waals surface area contributed by atoms with E-state index in [4.69, 9.17) is 23.1 Å². The van der Waals surface area contributed by atoms with Gasteiger partial charge in [-0.15, -0.1) is 0 Å².